The van der Waals surface area contributed by atoms with Gasteiger partial charge in [-0.05, 0) is 19.1 Å². The Kier molecular flexibility index (Phi) is 8.08. The number of thiol groups is 1. The molecule has 0 fully saturated rings. The smallest absolute Gasteiger partial charge is 0.295 e. The summed E-state index contributed by atoms with van der Waals surface area (Å²) in [6, 6.07) is 9.66. The molecule has 1 aromatic heterocycles. The van der Waals surface area contributed by atoms with E-state index in [1.807, 2.05) is 68.0 Å². The van der Waals surface area contributed by atoms with Crippen LogP contribution in [0.3, 0.4) is 0 Å². The van der Waals surface area contributed by atoms with Crippen LogP contribution in [0.4, 0.5) is 5.69 Å². The van der Waals surface area contributed by atoms with Crippen molar-refractivity contribution in [3.63, 3.8) is 0 Å². The second-order valence-electron chi connectivity index (χ2n) is 4.40. The summed E-state index contributed by atoms with van der Waals surface area (Å²) in [6.45, 7) is 1.95. The van der Waals surface area contributed by atoms with Crippen molar-refractivity contribution in [2.45, 2.75) is 6.92 Å². The van der Waals surface area contributed by atoms with Gasteiger partial charge >= 0.3 is 0 Å². The summed E-state index contributed by atoms with van der Waals surface area (Å²) < 4.78 is 3.57. The number of aromatic nitrogens is 2. The number of hydrogen-bond donors (Lipinski definition) is 1. The van der Waals surface area contributed by atoms with E-state index in [9.17, 15) is 4.79 Å². The molecule has 0 aliphatic rings. The molecule has 2 aromatic rings. The largest absolute Gasteiger partial charge is 0.372 e. The molecule has 0 N–H and O–H groups in total. The van der Waals surface area contributed by atoms with Gasteiger partial charge in [0.25, 0.3) is 5.56 Å². The predicted octanol–water partition coefficient (Wildman–Crippen LogP) is 1.95. The number of hydrogen-bond acceptors (Lipinski definition) is 4. The van der Waals surface area contributed by atoms with Crippen LogP contribution in [0.2, 0.25) is 0 Å². The molecule has 1 aromatic carbocycles. The van der Waals surface area contributed by atoms with Crippen molar-refractivity contribution >= 4 is 18.3 Å². The van der Waals surface area contributed by atoms with Gasteiger partial charge in [0.15, 0.2) is 0 Å². The van der Waals surface area contributed by atoms with Crippen LogP contribution in [-0.2, 0) is 26.5 Å². The number of para-hydroxylation sites is 1. The molecule has 0 unspecified atom stereocenters. The van der Waals surface area contributed by atoms with Gasteiger partial charge in [0.1, 0.15) is 11.1 Å². The molecule has 0 atom stereocenters. The van der Waals surface area contributed by atoms with Gasteiger partial charge in [-0.1, -0.05) is 30.8 Å². The SMILES string of the molecule is Cc1c(N(C)C)c(=O)n(-c2ccccc2)n1C.N#CS.[Zn]. The van der Waals surface area contributed by atoms with E-state index in [0.29, 0.717) is 0 Å². The minimum absolute atomic E-state index is 0. The molecule has 0 radical (unpaired) electrons. The molecule has 0 aliphatic carbocycles. The van der Waals surface area contributed by atoms with E-state index in [4.69, 9.17) is 5.26 Å². The van der Waals surface area contributed by atoms with Crippen molar-refractivity contribution in [2.75, 3.05) is 19.0 Å². The molecule has 0 aliphatic heterocycles. The number of thiocyanates is 1. The van der Waals surface area contributed by atoms with Gasteiger partial charge in [-0.3, -0.25) is 9.48 Å². The maximum Gasteiger partial charge on any atom is 0.295 e. The van der Waals surface area contributed by atoms with Crippen LogP contribution in [-0.4, -0.2) is 23.5 Å². The molecular weight excluding hydrogens is 338 g/mol. The van der Waals surface area contributed by atoms with Crippen LogP contribution in [0, 0.1) is 17.6 Å². The van der Waals surface area contributed by atoms with E-state index in [2.05, 4.69) is 12.6 Å². The Morgan fingerprint density at radius 1 is 1.24 bits per heavy atom. The number of benzene rings is 1. The number of anilines is 1. The van der Waals surface area contributed by atoms with Crippen molar-refractivity contribution in [2.24, 2.45) is 7.05 Å². The van der Waals surface area contributed by atoms with E-state index in [1.165, 1.54) is 5.40 Å². The van der Waals surface area contributed by atoms with Gasteiger partial charge < -0.3 is 4.90 Å². The Labute approximate surface area is 142 Å². The first-order valence-corrected chi connectivity index (χ1v) is 6.45. The zero-order chi connectivity index (χ0) is 15.3. The minimum atomic E-state index is 0. The minimum Gasteiger partial charge on any atom is -0.372 e. The summed E-state index contributed by atoms with van der Waals surface area (Å²) in [4.78, 5) is 14.2. The summed E-state index contributed by atoms with van der Waals surface area (Å²) in [7, 11) is 5.68. The topological polar surface area (TPSA) is 54.0 Å². The van der Waals surface area contributed by atoms with Gasteiger partial charge in [-0.2, -0.15) is 5.26 Å². The fourth-order valence-corrected chi connectivity index (χ4v) is 2.07. The zero-order valence-corrected chi connectivity index (χ0v) is 16.6. The first-order chi connectivity index (χ1) is 9.45. The molecule has 0 saturated heterocycles. The third kappa shape index (κ3) is 4.23. The third-order valence-electron chi connectivity index (χ3n) is 2.97. The molecular formula is C14H18N4OSZn. The van der Waals surface area contributed by atoms with Gasteiger partial charge in [0.2, 0.25) is 0 Å². The average molecular weight is 356 g/mol. The molecule has 0 amide bonds. The van der Waals surface area contributed by atoms with Gasteiger partial charge in [0.05, 0.1) is 11.4 Å². The molecule has 5 nitrogen and oxygen atoms in total. The van der Waals surface area contributed by atoms with Gasteiger partial charge in [-0.15, -0.1) is 0 Å². The quantitative estimate of drug-likeness (QED) is 0.509. The fraction of sp³-hybridized carbons (Fsp3) is 0.286. The number of rotatable bonds is 2. The normalized spacial score (nSPS) is 8.95. The number of nitrogens with zero attached hydrogens (tertiary/aromatic N) is 4. The van der Waals surface area contributed by atoms with Crippen molar-refractivity contribution in [3.05, 3.63) is 46.4 Å². The molecule has 7 heteroatoms. The maximum atomic E-state index is 12.4. The Balaban J connectivity index is 0.000000922. The summed E-state index contributed by atoms with van der Waals surface area (Å²) >= 11 is 3.09. The Bertz CT molecular complexity index is 671. The molecule has 2 rings (SSSR count). The van der Waals surface area contributed by atoms with E-state index in [0.717, 1.165) is 17.1 Å². The molecule has 1 heterocycles. The van der Waals surface area contributed by atoms with Crippen LogP contribution in [0.25, 0.3) is 5.69 Å². The molecule has 0 spiro atoms. The summed E-state index contributed by atoms with van der Waals surface area (Å²) in [6.07, 6.45) is 0. The first kappa shape index (κ1) is 19.5. The van der Waals surface area contributed by atoms with E-state index < -0.39 is 0 Å². The van der Waals surface area contributed by atoms with Gasteiger partial charge in [0, 0.05) is 40.6 Å². The van der Waals surface area contributed by atoms with Crippen molar-refractivity contribution in [3.8, 4) is 11.1 Å². The van der Waals surface area contributed by atoms with Gasteiger partial charge in [-0.25, -0.2) is 4.68 Å². The second-order valence-corrected chi connectivity index (χ2v) is 4.60. The van der Waals surface area contributed by atoms with E-state index in [-0.39, 0.29) is 25.0 Å². The monoisotopic (exact) mass is 354 g/mol. The van der Waals surface area contributed by atoms with E-state index >= 15 is 0 Å². The molecule has 0 bridgehead atoms. The summed E-state index contributed by atoms with van der Waals surface area (Å²) in [5, 5.41) is 8.63. The first-order valence-electron chi connectivity index (χ1n) is 6.00. The standard InChI is InChI=1S/C13H17N3O.CHNS.Zn/c1-10-12(14(2)3)13(17)16(15(10)4)11-8-6-5-7-9-11;2-1-3;/h5-9H,1-4H3;3H;. The average Bonchev–Trinajstić information content (AvgIpc) is 2.62. The zero-order valence-electron chi connectivity index (χ0n) is 12.7. The summed E-state index contributed by atoms with van der Waals surface area (Å²) in [5.74, 6) is 0. The van der Waals surface area contributed by atoms with Crippen LogP contribution >= 0.6 is 12.6 Å². The Morgan fingerprint density at radius 2 is 1.71 bits per heavy atom. The molecule has 21 heavy (non-hydrogen) atoms. The third-order valence-corrected chi connectivity index (χ3v) is 2.97. The van der Waals surface area contributed by atoms with Crippen LogP contribution in [0.1, 0.15) is 5.69 Å². The van der Waals surface area contributed by atoms with Crippen molar-refractivity contribution in [1.29, 1.82) is 5.26 Å². The molecule has 108 valence electrons. The number of nitriles is 1. The second kappa shape index (κ2) is 8.71. The van der Waals surface area contributed by atoms with Crippen molar-refractivity contribution in [1.82, 2.24) is 9.36 Å². The fourth-order valence-electron chi connectivity index (χ4n) is 2.07. The Hall–Kier alpha value is -1.51. The summed E-state index contributed by atoms with van der Waals surface area (Å²) in [5.41, 5.74) is 2.60. The van der Waals surface area contributed by atoms with E-state index in [1.54, 1.807) is 4.68 Å². The van der Waals surface area contributed by atoms with Crippen LogP contribution in [0.15, 0.2) is 35.1 Å². The van der Waals surface area contributed by atoms with Crippen LogP contribution < -0.4 is 10.5 Å². The maximum absolute atomic E-state index is 12.4. The predicted molar refractivity (Wildman–Crippen MR) is 84.7 cm³/mol. The molecule has 0 saturated carbocycles. The van der Waals surface area contributed by atoms with Crippen molar-refractivity contribution < 1.29 is 19.5 Å². The Morgan fingerprint density at radius 3 is 2.10 bits per heavy atom. The van der Waals surface area contributed by atoms with Crippen LogP contribution in [0.5, 0.6) is 0 Å².